The minimum atomic E-state index is -1.56. The van der Waals surface area contributed by atoms with Crippen molar-refractivity contribution < 1.29 is 73.1 Å². The molecule has 0 bridgehead atoms. The van der Waals surface area contributed by atoms with Crippen LogP contribution in [0.15, 0.2) is 42.0 Å². The summed E-state index contributed by atoms with van der Waals surface area (Å²) in [6, 6.07) is 5.03. The smallest absolute Gasteiger partial charge is 0.338 e. The van der Waals surface area contributed by atoms with Gasteiger partial charge in [-0.15, -0.1) is 0 Å². The van der Waals surface area contributed by atoms with E-state index in [4.69, 9.17) is 28.4 Å². The molecular formula is C38H52N2O15. The van der Waals surface area contributed by atoms with Crippen LogP contribution in [0, 0.1) is 0 Å². The van der Waals surface area contributed by atoms with E-state index in [-0.39, 0.29) is 38.2 Å². The summed E-state index contributed by atoms with van der Waals surface area (Å²) >= 11 is 0. The van der Waals surface area contributed by atoms with Crippen molar-refractivity contribution in [2.24, 2.45) is 0 Å². The number of hydrogen-bond acceptors (Lipinski definition) is 15. The highest BCUT2D eigenvalue weighted by atomic mass is 16.7. The standard InChI is InChI=1S/C38H52N2O15/c1-38(2,3)55-29(43)12-11-24(18-41)39-34(47)25-10-5-13-40(25)35(48)23-16-26-33(52-20-51-26)27(17-23)53-36(49)22-9-4-7-21(15-22)8-6-14-50-37-32(46)31(45)30(44)28(19-42)54-37/h4,6-9,15-16,24-28,30-33,37,41-42,44-46H,5,10-14,17-20H2,1-3H3,(H,39,47). The average Bonchev–Trinajstić information content (AvgIpc) is 3.85. The molecule has 3 fully saturated rings. The van der Waals surface area contributed by atoms with Gasteiger partial charge < -0.3 is 64.2 Å². The minimum absolute atomic E-state index is 0.00180. The van der Waals surface area contributed by atoms with Gasteiger partial charge in [0.05, 0.1) is 31.4 Å². The van der Waals surface area contributed by atoms with Gasteiger partial charge in [-0.25, -0.2) is 4.79 Å². The number of nitrogens with one attached hydrogen (secondary N) is 1. The highest BCUT2D eigenvalue weighted by Gasteiger charge is 2.46. The first-order valence-corrected chi connectivity index (χ1v) is 18.5. The van der Waals surface area contributed by atoms with Crippen molar-refractivity contribution in [3.63, 3.8) is 0 Å². The van der Waals surface area contributed by atoms with Crippen molar-refractivity contribution in [2.75, 3.05) is 33.2 Å². The van der Waals surface area contributed by atoms with Gasteiger partial charge in [-0.05, 0) is 63.8 Å². The molecule has 1 aliphatic carbocycles. The van der Waals surface area contributed by atoms with Crippen LogP contribution in [0.5, 0.6) is 0 Å². The summed E-state index contributed by atoms with van der Waals surface area (Å²) in [6.45, 7) is 4.46. The molecular weight excluding hydrogens is 724 g/mol. The molecule has 5 rings (SSSR count). The molecule has 3 saturated heterocycles. The topological polar surface area (TPSA) is 240 Å². The quantitative estimate of drug-likeness (QED) is 0.133. The Morgan fingerprint density at radius 1 is 1.07 bits per heavy atom. The zero-order valence-electron chi connectivity index (χ0n) is 31.2. The van der Waals surface area contributed by atoms with Crippen molar-refractivity contribution in [1.82, 2.24) is 10.2 Å². The van der Waals surface area contributed by atoms with Crippen LogP contribution in [0.3, 0.4) is 0 Å². The van der Waals surface area contributed by atoms with Gasteiger partial charge in [0, 0.05) is 25.0 Å². The first-order valence-electron chi connectivity index (χ1n) is 18.5. The Morgan fingerprint density at radius 3 is 2.58 bits per heavy atom. The van der Waals surface area contributed by atoms with Crippen LogP contribution in [0.1, 0.15) is 68.8 Å². The van der Waals surface area contributed by atoms with Gasteiger partial charge in [-0.1, -0.05) is 24.3 Å². The lowest BCUT2D eigenvalue weighted by molar-refractivity contribution is -0.298. The Bertz CT molecular complexity index is 1570. The van der Waals surface area contributed by atoms with E-state index in [2.05, 4.69) is 5.32 Å². The van der Waals surface area contributed by atoms with Crippen molar-refractivity contribution in [1.29, 1.82) is 0 Å². The summed E-state index contributed by atoms with van der Waals surface area (Å²) in [4.78, 5) is 54.3. The van der Waals surface area contributed by atoms with Crippen LogP contribution in [0.2, 0.25) is 0 Å². The highest BCUT2D eigenvalue weighted by Crippen LogP contribution is 2.33. The summed E-state index contributed by atoms with van der Waals surface area (Å²) < 4.78 is 33.5. The molecule has 6 N–H and O–H groups in total. The number of nitrogens with zero attached hydrogens (tertiary/aromatic N) is 1. The molecule has 3 aliphatic heterocycles. The van der Waals surface area contributed by atoms with E-state index < -0.39 is 104 Å². The summed E-state index contributed by atoms with van der Waals surface area (Å²) in [7, 11) is 0. The van der Waals surface area contributed by atoms with E-state index >= 15 is 0 Å². The number of likely N-dealkylation sites (tertiary alicyclic amines) is 1. The molecule has 55 heavy (non-hydrogen) atoms. The molecule has 3 heterocycles. The van der Waals surface area contributed by atoms with E-state index in [9.17, 15) is 44.7 Å². The number of carbonyl (C=O) groups excluding carboxylic acids is 4. The number of hydrogen-bond donors (Lipinski definition) is 6. The van der Waals surface area contributed by atoms with Gasteiger partial charge in [0.25, 0.3) is 0 Å². The zero-order chi connectivity index (χ0) is 39.9. The molecule has 1 aromatic rings. The van der Waals surface area contributed by atoms with Crippen molar-refractivity contribution >= 4 is 29.8 Å². The predicted octanol–water partition coefficient (Wildman–Crippen LogP) is -0.297. The Morgan fingerprint density at radius 2 is 1.85 bits per heavy atom. The monoisotopic (exact) mass is 776 g/mol. The van der Waals surface area contributed by atoms with Crippen molar-refractivity contribution in [2.45, 2.75) is 120 Å². The number of fused-ring (bicyclic) bond motifs is 1. The molecule has 2 amide bonds. The first-order chi connectivity index (χ1) is 26.2. The fourth-order valence-electron chi connectivity index (χ4n) is 6.89. The summed E-state index contributed by atoms with van der Waals surface area (Å²) in [5, 5.41) is 52.1. The number of amides is 2. The molecule has 10 atom stereocenters. The van der Waals surface area contributed by atoms with Crippen LogP contribution in [0.25, 0.3) is 6.08 Å². The van der Waals surface area contributed by atoms with Crippen LogP contribution in [-0.2, 0) is 42.8 Å². The fraction of sp³-hybridized carbons (Fsp3) is 0.632. The number of ether oxygens (including phenoxy) is 6. The van der Waals surface area contributed by atoms with E-state index in [1.165, 1.54) is 4.90 Å². The van der Waals surface area contributed by atoms with Crippen molar-refractivity contribution in [3.05, 3.63) is 53.1 Å². The van der Waals surface area contributed by atoms with Crippen LogP contribution in [-0.4, -0.2) is 154 Å². The molecule has 304 valence electrons. The molecule has 4 aliphatic rings. The number of aliphatic hydroxyl groups excluding tert-OH is 5. The lowest BCUT2D eigenvalue weighted by atomic mass is 9.91. The maximum absolute atomic E-state index is 13.9. The molecule has 0 spiro atoms. The number of carbonyl (C=O) groups is 4. The van der Waals surface area contributed by atoms with E-state index in [1.807, 2.05) is 0 Å². The Labute approximate surface area is 318 Å². The average molecular weight is 777 g/mol. The highest BCUT2D eigenvalue weighted by molar-refractivity contribution is 5.98. The van der Waals surface area contributed by atoms with Crippen LogP contribution >= 0.6 is 0 Å². The van der Waals surface area contributed by atoms with Crippen LogP contribution < -0.4 is 5.32 Å². The van der Waals surface area contributed by atoms with Gasteiger partial charge in [0.15, 0.2) is 6.29 Å². The van der Waals surface area contributed by atoms with Crippen molar-refractivity contribution in [3.8, 4) is 0 Å². The molecule has 17 nitrogen and oxygen atoms in total. The van der Waals surface area contributed by atoms with Crippen LogP contribution in [0.4, 0.5) is 0 Å². The van der Waals surface area contributed by atoms with Gasteiger partial charge in [0.1, 0.15) is 61.2 Å². The zero-order valence-corrected chi connectivity index (χ0v) is 31.2. The third-order valence-corrected chi connectivity index (χ3v) is 9.67. The number of esters is 2. The van der Waals surface area contributed by atoms with Gasteiger partial charge in [-0.2, -0.15) is 0 Å². The lowest BCUT2D eigenvalue weighted by Gasteiger charge is -2.39. The molecule has 0 radical (unpaired) electrons. The van der Waals surface area contributed by atoms with E-state index in [0.29, 0.717) is 30.5 Å². The molecule has 10 unspecified atom stereocenters. The largest absolute Gasteiger partial charge is 0.460 e. The number of benzene rings is 1. The van der Waals surface area contributed by atoms with Gasteiger partial charge >= 0.3 is 11.9 Å². The maximum Gasteiger partial charge on any atom is 0.338 e. The molecule has 0 aromatic heterocycles. The Balaban J connectivity index is 1.17. The molecule has 1 aromatic carbocycles. The predicted molar refractivity (Wildman–Crippen MR) is 191 cm³/mol. The lowest BCUT2D eigenvalue weighted by Crippen LogP contribution is -2.59. The maximum atomic E-state index is 13.9. The minimum Gasteiger partial charge on any atom is -0.460 e. The first kappa shape index (κ1) is 42.4. The SMILES string of the molecule is CC(C)(C)OC(=O)CCC(CO)NC(=O)C1CCCN1C(=O)C1=CC2OCOC2C(OC(=O)c2cccc(C=CCOC3OC(CO)C(O)C(O)C3O)c2)C1. The second kappa shape index (κ2) is 18.9. The second-order valence-electron chi connectivity index (χ2n) is 14.9. The molecule has 0 saturated carbocycles. The molecule has 17 heteroatoms. The third kappa shape index (κ3) is 11.0. The summed E-state index contributed by atoms with van der Waals surface area (Å²) in [5.74, 6) is -1.96. The van der Waals surface area contributed by atoms with E-state index in [0.717, 1.165) is 0 Å². The van der Waals surface area contributed by atoms with Gasteiger partial charge in [0.2, 0.25) is 11.8 Å². The number of rotatable bonds is 14. The van der Waals surface area contributed by atoms with E-state index in [1.54, 1.807) is 63.3 Å². The fourth-order valence-corrected chi connectivity index (χ4v) is 6.89. The second-order valence-corrected chi connectivity index (χ2v) is 14.9. The number of aliphatic hydroxyl groups is 5. The normalized spacial score (nSPS) is 30.1. The Kier molecular flexibility index (Phi) is 14.6. The summed E-state index contributed by atoms with van der Waals surface area (Å²) in [5.41, 5.74) is 0.475. The van der Waals surface area contributed by atoms with Gasteiger partial charge in [-0.3, -0.25) is 14.4 Å². The summed E-state index contributed by atoms with van der Waals surface area (Å²) in [6.07, 6.45) is -3.14. The third-order valence-electron chi connectivity index (χ3n) is 9.67. The Hall–Kier alpha value is -3.78.